The molecule has 0 amide bonds. The smallest absolute Gasteiger partial charge is 0.110 e. The normalized spacial score (nSPS) is 16.8. The second-order valence-electron chi connectivity index (χ2n) is 2.49. The van der Waals surface area contributed by atoms with Gasteiger partial charge in [0.25, 0.3) is 0 Å². The minimum atomic E-state index is 0.731. The van der Waals surface area contributed by atoms with Crippen molar-refractivity contribution in [3.63, 3.8) is 0 Å². The molecule has 0 spiro atoms. The van der Waals surface area contributed by atoms with Gasteiger partial charge in [-0.1, -0.05) is 11.6 Å². The van der Waals surface area contributed by atoms with E-state index in [1.807, 2.05) is 16.2 Å². The maximum absolute atomic E-state index is 6.07. The lowest BCUT2D eigenvalue weighted by Crippen LogP contribution is -2.13. The molecular formula is C7H5Br2ClN2. The standard InChI is InChI=1S/C7H5Br2ClN2/c8-7-6(10)4-1-2-11-5(4)3-12(7)9/h1-2,11H,3H2. The van der Waals surface area contributed by atoms with Crippen LogP contribution in [0.25, 0.3) is 5.03 Å². The van der Waals surface area contributed by atoms with E-state index in [2.05, 4.69) is 37.1 Å². The van der Waals surface area contributed by atoms with Crippen LogP contribution in [0.2, 0.25) is 0 Å². The number of nitrogens with zero attached hydrogens (tertiary/aromatic N) is 1. The van der Waals surface area contributed by atoms with Crippen LogP contribution in [0, 0.1) is 0 Å². The summed E-state index contributed by atoms with van der Waals surface area (Å²) in [6, 6.07) is 1.97. The number of hydrogen-bond acceptors (Lipinski definition) is 1. The van der Waals surface area contributed by atoms with E-state index in [9.17, 15) is 0 Å². The van der Waals surface area contributed by atoms with Gasteiger partial charge in [0.15, 0.2) is 0 Å². The van der Waals surface area contributed by atoms with Crippen LogP contribution in [0.1, 0.15) is 11.3 Å². The molecule has 5 heteroatoms. The largest absolute Gasteiger partial charge is 0.363 e. The van der Waals surface area contributed by atoms with Crippen LogP contribution >= 0.6 is 43.7 Å². The van der Waals surface area contributed by atoms with Gasteiger partial charge >= 0.3 is 0 Å². The molecule has 0 unspecified atom stereocenters. The fourth-order valence-corrected chi connectivity index (χ4v) is 2.31. The third-order valence-corrected chi connectivity index (χ3v) is 4.28. The zero-order chi connectivity index (χ0) is 8.72. The zero-order valence-electron chi connectivity index (χ0n) is 5.94. The van der Waals surface area contributed by atoms with E-state index in [1.165, 1.54) is 0 Å². The molecule has 0 saturated heterocycles. The molecule has 2 rings (SSSR count). The van der Waals surface area contributed by atoms with Crippen LogP contribution < -0.4 is 0 Å². The second kappa shape index (κ2) is 3.09. The fraction of sp³-hybridized carbons (Fsp3) is 0.143. The Kier molecular flexibility index (Phi) is 2.23. The average molecular weight is 312 g/mol. The average Bonchev–Trinajstić information content (AvgIpc) is 2.48. The quantitative estimate of drug-likeness (QED) is 0.575. The first-order valence-electron chi connectivity index (χ1n) is 3.35. The summed E-state index contributed by atoms with van der Waals surface area (Å²) in [4.78, 5) is 3.13. The summed E-state index contributed by atoms with van der Waals surface area (Å²) in [5, 5.41) is 0.731. The molecule has 0 bridgehead atoms. The molecule has 0 atom stereocenters. The maximum Gasteiger partial charge on any atom is 0.110 e. The molecule has 0 radical (unpaired) electrons. The third-order valence-electron chi connectivity index (χ3n) is 1.76. The highest BCUT2D eigenvalue weighted by atomic mass is 79.9. The number of fused-ring (bicyclic) bond motifs is 1. The predicted molar refractivity (Wildman–Crippen MR) is 57.0 cm³/mol. The van der Waals surface area contributed by atoms with E-state index in [0.29, 0.717) is 0 Å². The van der Waals surface area contributed by atoms with Gasteiger partial charge in [0, 0.05) is 17.5 Å². The third kappa shape index (κ3) is 1.22. The Bertz CT molecular complexity index is 345. The molecule has 1 aromatic heterocycles. The molecule has 1 aromatic rings. The molecule has 1 N–H and O–H groups in total. The summed E-state index contributed by atoms with van der Waals surface area (Å²) in [7, 11) is 0. The Labute approximate surface area is 92.0 Å². The minimum Gasteiger partial charge on any atom is -0.363 e. The molecule has 0 fully saturated rings. The molecule has 2 heterocycles. The van der Waals surface area contributed by atoms with Gasteiger partial charge in [-0.2, -0.15) is 0 Å². The molecule has 1 aliphatic rings. The SMILES string of the molecule is ClC1=C(Br)N(Br)Cc2[nH]ccc21. The van der Waals surface area contributed by atoms with E-state index in [0.717, 1.165) is 27.4 Å². The van der Waals surface area contributed by atoms with E-state index in [1.54, 1.807) is 0 Å². The fourth-order valence-electron chi connectivity index (χ4n) is 1.17. The lowest BCUT2D eigenvalue weighted by Gasteiger charge is -2.21. The van der Waals surface area contributed by atoms with Crippen LogP contribution in [0.4, 0.5) is 0 Å². The highest BCUT2D eigenvalue weighted by Gasteiger charge is 2.21. The van der Waals surface area contributed by atoms with Crippen molar-refractivity contribution < 1.29 is 0 Å². The van der Waals surface area contributed by atoms with Crippen molar-refractivity contribution in [1.82, 2.24) is 8.91 Å². The van der Waals surface area contributed by atoms with E-state index in [-0.39, 0.29) is 0 Å². The first-order valence-corrected chi connectivity index (χ1v) is 5.23. The van der Waals surface area contributed by atoms with Crippen LogP contribution in [-0.2, 0) is 6.54 Å². The van der Waals surface area contributed by atoms with Crippen molar-refractivity contribution in [3.8, 4) is 0 Å². The zero-order valence-corrected chi connectivity index (χ0v) is 9.87. The molecule has 0 aromatic carbocycles. The molecule has 64 valence electrons. The molecular weight excluding hydrogens is 307 g/mol. The molecule has 2 nitrogen and oxygen atoms in total. The summed E-state index contributed by atoms with van der Waals surface area (Å²) in [6.45, 7) is 0.791. The lowest BCUT2D eigenvalue weighted by atomic mass is 10.2. The van der Waals surface area contributed by atoms with Gasteiger partial charge in [-0.15, -0.1) is 0 Å². The van der Waals surface area contributed by atoms with Crippen LogP contribution in [-0.4, -0.2) is 8.91 Å². The first-order chi connectivity index (χ1) is 5.70. The second-order valence-corrected chi connectivity index (χ2v) is 4.48. The maximum atomic E-state index is 6.07. The number of hydrogen-bond donors (Lipinski definition) is 1. The number of nitrogens with one attached hydrogen (secondary N) is 1. The number of halogens is 3. The van der Waals surface area contributed by atoms with Gasteiger partial charge in [0.1, 0.15) is 4.61 Å². The van der Waals surface area contributed by atoms with Crippen LogP contribution in [0.3, 0.4) is 0 Å². The lowest BCUT2D eigenvalue weighted by molar-refractivity contribution is 0.612. The van der Waals surface area contributed by atoms with Crippen LogP contribution in [0.15, 0.2) is 16.9 Å². The highest BCUT2D eigenvalue weighted by molar-refractivity contribution is 9.13. The van der Waals surface area contributed by atoms with Crippen LogP contribution in [0.5, 0.6) is 0 Å². The highest BCUT2D eigenvalue weighted by Crippen LogP contribution is 2.38. The van der Waals surface area contributed by atoms with Gasteiger partial charge in [-0.25, -0.2) is 0 Å². The number of H-pyrrole nitrogens is 1. The van der Waals surface area contributed by atoms with Gasteiger partial charge in [-0.05, 0) is 22.0 Å². The summed E-state index contributed by atoms with van der Waals surface area (Å²) < 4.78 is 2.74. The Hall–Kier alpha value is 0.0700. The molecule has 1 aliphatic heterocycles. The summed E-state index contributed by atoms with van der Waals surface area (Å²) in [6.07, 6.45) is 1.89. The predicted octanol–water partition coefficient (Wildman–Crippen LogP) is 3.40. The Balaban J connectivity index is 2.57. The Morgan fingerprint density at radius 3 is 3.08 bits per heavy atom. The topological polar surface area (TPSA) is 19.0 Å². The van der Waals surface area contributed by atoms with Crippen molar-refractivity contribution in [2.24, 2.45) is 0 Å². The molecule has 12 heavy (non-hydrogen) atoms. The Morgan fingerprint density at radius 1 is 1.58 bits per heavy atom. The van der Waals surface area contributed by atoms with E-state index in [4.69, 9.17) is 11.6 Å². The van der Waals surface area contributed by atoms with E-state index >= 15 is 0 Å². The van der Waals surface area contributed by atoms with Crippen molar-refractivity contribution in [2.45, 2.75) is 6.54 Å². The number of aromatic amines is 1. The van der Waals surface area contributed by atoms with Gasteiger partial charge in [0.2, 0.25) is 0 Å². The molecule has 0 saturated carbocycles. The van der Waals surface area contributed by atoms with Gasteiger partial charge in [-0.3, -0.25) is 3.93 Å². The van der Waals surface area contributed by atoms with Gasteiger partial charge in [0.05, 0.1) is 27.7 Å². The first kappa shape index (κ1) is 8.66. The summed E-state index contributed by atoms with van der Waals surface area (Å²) in [5.41, 5.74) is 2.19. The Morgan fingerprint density at radius 2 is 2.33 bits per heavy atom. The van der Waals surface area contributed by atoms with Crippen molar-refractivity contribution in [3.05, 3.63) is 28.1 Å². The van der Waals surface area contributed by atoms with Gasteiger partial charge < -0.3 is 4.98 Å². The van der Waals surface area contributed by atoms with E-state index < -0.39 is 0 Å². The van der Waals surface area contributed by atoms with Crippen molar-refractivity contribution in [2.75, 3.05) is 0 Å². The van der Waals surface area contributed by atoms with Crippen molar-refractivity contribution in [1.29, 1.82) is 0 Å². The summed E-state index contributed by atoms with van der Waals surface area (Å²) >= 11 is 12.8. The minimum absolute atomic E-state index is 0.731. The van der Waals surface area contributed by atoms with Crippen molar-refractivity contribution >= 4 is 48.7 Å². The number of aromatic nitrogens is 1. The summed E-state index contributed by atoms with van der Waals surface area (Å²) in [5.74, 6) is 0. The molecule has 0 aliphatic carbocycles. The monoisotopic (exact) mass is 310 g/mol. The number of rotatable bonds is 0.